The first-order valence-corrected chi connectivity index (χ1v) is 4.82. The third kappa shape index (κ3) is 3.65. The lowest BCUT2D eigenvalue weighted by atomic mass is 10.2. The van der Waals surface area contributed by atoms with E-state index < -0.39 is 22.7 Å². The number of nitro benzene ring substituents is 1. The molecule has 1 aromatic rings. The molecule has 0 saturated carbocycles. The summed E-state index contributed by atoms with van der Waals surface area (Å²) in [6, 6.07) is 3.57. The zero-order valence-corrected chi connectivity index (χ0v) is 9.47. The molecule has 1 rings (SSSR count). The normalized spacial score (nSPS) is 10.6. The Kier molecular flexibility index (Phi) is 4.80. The molecule has 0 atom stereocenters. The minimum absolute atomic E-state index is 0.301. The molecule has 0 amide bonds. The number of nitrogens with zero attached hydrogens (tertiary/aromatic N) is 1. The van der Waals surface area contributed by atoms with Crippen molar-refractivity contribution >= 4 is 11.4 Å². The molecule has 7 heteroatoms. The van der Waals surface area contributed by atoms with Crippen molar-refractivity contribution in [3.8, 4) is 0 Å². The molecule has 0 unspecified atom stereocenters. The monoisotopic (exact) mass is 244 g/mol. The van der Waals surface area contributed by atoms with Crippen molar-refractivity contribution in [3.63, 3.8) is 0 Å². The number of ether oxygens (including phenoxy) is 2. The molecule has 0 saturated heterocycles. The maximum Gasteiger partial charge on any atom is 0.306 e. The molecule has 1 N–H and O–H groups in total. The number of hydrogen-bond donors (Lipinski definition) is 1. The Bertz CT molecular complexity index is 396. The van der Waals surface area contributed by atoms with Crippen LogP contribution in [0.2, 0.25) is 0 Å². The van der Waals surface area contributed by atoms with E-state index in [1.165, 1.54) is 20.3 Å². The molecule has 0 radical (unpaired) electrons. The molecular weight excluding hydrogens is 231 g/mol. The van der Waals surface area contributed by atoms with E-state index in [2.05, 4.69) is 5.32 Å². The minimum atomic E-state index is -0.865. The highest BCUT2D eigenvalue weighted by molar-refractivity contribution is 5.51. The third-order valence-corrected chi connectivity index (χ3v) is 2.14. The van der Waals surface area contributed by atoms with Crippen LogP contribution in [0.5, 0.6) is 0 Å². The Hall–Kier alpha value is -1.73. The van der Waals surface area contributed by atoms with E-state index in [0.29, 0.717) is 12.2 Å². The van der Waals surface area contributed by atoms with E-state index in [1.54, 1.807) is 0 Å². The highest BCUT2D eigenvalue weighted by atomic mass is 19.1. The van der Waals surface area contributed by atoms with Gasteiger partial charge < -0.3 is 14.8 Å². The Labute approximate surface area is 97.5 Å². The zero-order chi connectivity index (χ0) is 12.8. The molecule has 0 bridgehead atoms. The first-order valence-electron chi connectivity index (χ1n) is 4.82. The molecule has 0 heterocycles. The van der Waals surface area contributed by atoms with Crippen LogP contribution in [0.1, 0.15) is 0 Å². The van der Waals surface area contributed by atoms with Gasteiger partial charge in [-0.05, 0) is 12.1 Å². The average Bonchev–Trinajstić information content (AvgIpc) is 2.32. The van der Waals surface area contributed by atoms with Crippen molar-refractivity contribution in [2.24, 2.45) is 0 Å². The topological polar surface area (TPSA) is 73.6 Å². The molecular formula is C10H13FN2O4. The Morgan fingerprint density at radius 3 is 2.65 bits per heavy atom. The maximum atomic E-state index is 13.0. The summed E-state index contributed by atoms with van der Waals surface area (Å²) in [5.41, 5.74) is -0.140. The van der Waals surface area contributed by atoms with Crippen LogP contribution in [-0.2, 0) is 9.47 Å². The lowest BCUT2D eigenvalue weighted by molar-refractivity contribution is -0.387. The highest BCUT2D eigenvalue weighted by Gasteiger charge is 2.14. The fourth-order valence-corrected chi connectivity index (χ4v) is 1.23. The molecule has 0 aliphatic carbocycles. The largest absolute Gasteiger partial charge is 0.380 e. The number of anilines is 1. The Balaban J connectivity index is 2.72. The van der Waals surface area contributed by atoms with E-state index in [9.17, 15) is 14.5 Å². The second-order valence-electron chi connectivity index (χ2n) is 3.21. The van der Waals surface area contributed by atoms with Gasteiger partial charge in [-0.3, -0.25) is 10.1 Å². The lowest BCUT2D eigenvalue weighted by Gasteiger charge is -2.14. The number of benzene rings is 1. The minimum Gasteiger partial charge on any atom is -0.380 e. The van der Waals surface area contributed by atoms with Crippen molar-refractivity contribution in [1.29, 1.82) is 0 Å². The lowest BCUT2D eigenvalue weighted by Crippen LogP contribution is -2.23. The Morgan fingerprint density at radius 1 is 1.47 bits per heavy atom. The summed E-state index contributed by atoms with van der Waals surface area (Å²) in [6.07, 6.45) is -0.473. The summed E-state index contributed by atoms with van der Waals surface area (Å²) in [5.74, 6) is -0.865. The van der Waals surface area contributed by atoms with Gasteiger partial charge in [-0.1, -0.05) is 0 Å². The molecule has 0 spiro atoms. The van der Waals surface area contributed by atoms with Gasteiger partial charge in [0.05, 0.1) is 11.5 Å². The van der Waals surface area contributed by atoms with Gasteiger partial charge in [-0.2, -0.15) is 4.39 Å². The summed E-state index contributed by atoms with van der Waals surface area (Å²) in [4.78, 5) is 9.74. The van der Waals surface area contributed by atoms with Crippen LogP contribution in [0, 0.1) is 15.9 Å². The van der Waals surface area contributed by atoms with Gasteiger partial charge >= 0.3 is 5.69 Å². The fraction of sp³-hybridized carbons (Fsp3) is 0.400. The van der Waals surface area contributed by atoms with Crippen LogP contribution in [0.4, 0.5) is 15.8 Å². The molecule has 0 aromatic heterocycles. The summed E-state index contributed by atoms with van der Waals surface area (Å²) in [5, 5.41) is 13.4. The van der Waals surface area contributed by atoms with Gasteiger partial charge in [0.1, 0.15) is 0 Å². The smallest absolute Gasteiger partial charge is 0.306 e. The summed E-state index contributed by atoms with van der Waals surface area (Å²) in [6.45, 7) is 0.301. The van der Waals surface area contributed by atoms with Gasteiger partial charge in [0.25, 0.3) is 0 Å². The molecule has 0 aliphatic rings. The van der Waals surface area contributed by atoms with Crippen LogP contribution >= 0.6 is 0 Å². The van der Waals surface area contributed by atoms with E-state index >= 15 is 0 Å². The van der Waals surface area contributed by atoms with Crippen LogP contribution in [-0.4, -0.2) is 32.0 Å². The molecule has 0 fully saturated rings. The van der Waals surface area contributed by atoms with E-state index in [-0.39, 0.29) is 0 Å². The molecule has 0 aliphatic heterocycles. The van der Waals surface area contributed by atoms with Crippen LogP contribution in [0.15, 0.2) is 18.2 Å². The molecule has 6 nitrogen and oxygen atoms in total. The van der Waals surface area contributed by atoms with Gasteiger partial charge in [0.2, 0.25) is 5.82 Å². The van der Waals surface area contributed by atoms with E-state index in [1.807, 2.05) is 0 Å². The predicted octanol–water partition coefficient (Wildman–Crippen LogP) is 1.76. The first kappa shape index (κ1) is 13.3. The number of nitrogens with one attached hydrogen (secondary N) is 1. The van der Waals surface area contributed by atoms with Crippen LogP contribution < -0.4 is 5.32 Å². The van der Waals surface area contributed by atoms with Crippen LogP contribution in [0.3, 0.4) is 0 Å². The number of methoxy groups -OCH3 is 2. The van der Waals surface area contributed by atoms with Gasteiger partial charge in [0.15, 0.2) is 6.29 Å². The second-order valence-corrected chi connectivity index (χ2v) is 3.21. The van der Waals surface area contributed by atoms with Crippen molar-refractivity contribution < 1.29 is 18.8 Å². The average molecular weight is 244 g/mol. The SMILES string of the molecule is COC(CNc1ccc(F)c([N+](=O)[O-])c1)OC. The molecule has 1 aromatic carbocycles. The zero-order valence-electron chi connectivity index (χ0n) is 9.47. The highest BCUT2D eigenvalue weighted by Crippen LogP contribution is 2.21. The second kappa shape index (κ2) is 6.12. The van der Waals surface area contributed by atoms with Gasteiger partial charge in [-0.25, -0.2) is 0 Å². The maximum absolute atomic E-state index is 13.0. The molecule has 17 heavy (non-hydrogen) atoms. The molecule has 94 valence electrons. The van der Waals surface area contributed by atoms with Crippen molar-refractivity contribution in [1.82, 2.24) is 0 Å². The summed E-state index contributed by atoms with van der Waals surface area (Å²) < 4.78 is 22.9. The Morgan fingerprint density at radius 2 is 2.12 bits per heavy atom. The van der Waals surface area contributed by atoms with Gasteiger partial charge in [0, 0.05) is 26.0 Å². The summed E-state index contributed by atoms with van der Waals surface area (Å²) >= 11 is 0. The predicted molar refractivity (Wildman–Crippen MR) is 59.4 cm³/mol. The number of halogens is 1. The standard InChI is InChI=1S/C10H13FN2O4/c1-16-10(17-2)6-12-7-3-4-8(11)9(5-7)13(14)15/h3-5,10,12H,6H2,1-2H3. The van der Waals surface area contributed by atoms with E-state index in [0.717, 1.165) is 12.1 Å². The summed E-state index contributed by atoms with van der Waals surface area (Å²) in [7, 11) is 2.95. The van der Waals surface area contributed by atoms with Crippen molar-refractivity contribution in [2.75, 3.05) is 26.1 Å². The quantitative estimate of drug-likeness (QED) is 0.469. The van der Waals surface area contributed by atoms with Crippen LogP contribution in [0.25, 0.3) is 0 Å². The van der Waals surface area contributed by atoms with Crippen molar-refractivity contribution in [3.05, 3.63) is 34.1 Å². The van der Waals surface area contributed by atoms with Crippen molar-refractivity contribution in [2.45, 2.75) is 6.29 Å². The van der Waals surface area contributed by atoms with Gasteiger partial charge in [-0.15, -0.1) is 0 Å². The number of nitro groups is 1. The number of hydrogen-bond acceptors (Lipinski definition) is 5. The fourth-order valence-electron chi connectivity index (χ4n) is 1.23. The first-order chi connectivity index (χ1) is 8.08. The van der Waals surface area contributed by atoms with E-state index in [4.69, 9.17) is 9.47 Å². The third-order valence-electron chi connectivity index (χ3n) is 2.14. The number of rotatable bonds is 6.